The zero-order chi connectivity index (χ0) is 11.1. The van der Waals surface area contributed by atoms with Crippen molar-refractivity contribution in [3.05, 3.63) is 0 Å². The number of carboxylic acids is 1. The van der Waals surface area contributed by atoms with E-state index in [1.165, 1.54) is 0 Å². The van der Waals surface area contributed by atoms with E-state index in [1.54, 1.807) is 0 Å². The molecule has 0 radical (unpaired) electrons. The van der Waals surface area contributed by atoms with Crippen LogP contribution in [-0.2, 0) is 4.79 Å². The molecule has 0 saturated carbocycles. The molecule has 0 saturated heterocycles. The minimum atomic E-state index is -0.774. The van der Waals surface area contributed by atoms with Crippen LogP contribution in [0.15, 0.2) is 5.16 Å². The van der Waals surface area contributed by atoms with Gasteiger partial charge in [-0.3, -0.25) is 4.79 Å². The Morgan fingerprint density at radius 3 is 2.29 bits per heavy atom. The summed E-state index contributed by atoms with van der Waals surface area (Å²) in [6.07, 6.45) is 1.60. The van der Waals surface area contributed by atoms with Crippen LogP contribution >= 0.6 is 0 Å². The van der Waals surface area contributed by atoms with Gasteiger partial charge < -0.3 is 10.3 Å². The molecule has 14 heavy (non-hydrogen) atoms. The molecule has 0 unspecified atom stereocenters. The molecular weight excluding hydrogens is 182 g/mol. The number of carboxylic acid groups (broad SMARTS) is 1. The van der Waals surface area contributed by atoms with Crippen LogP contribution in [0, 0.1) is 11.8 Å². The second-order valence-electron chi connectivity index (χ2n) is 3.99. The van der Waals surface area contributed by atoms with Crippen LogP contribution in [0.2, 0.25) is 0 Å². The topological polar surface area (TPSA) is 69.9 Å². The normalized spacial score (nSPS) is 14.4. The van der Waals surface area contributed by atoms with E-state index in [0.717, 1.165) is 12.1 Å². The first kappa shape index (κ1) is 12.9. The zero-order valence-corrected chi connectivity index (χ0v) is 9.03. The average molecular weight is 201 g/mol. The van der Waals surface area contributed by atoms with Gasteiger partial charge in [0.2, 0.25) is 0 Å². The Bertz CT molecular complexity index is 211. The van der Waals surface area contributed by atoms with Crippen LogP contribution in [0.25, 0.3) is 0 Å². The minimum absolute atomic E-state index is 0.128. The predicted molar refractivity (Wildman–Crippen MR) is 54.7 cm³/mol. The van der Waals surface area contributed by atoms with E-state index in [1.807, 2.05) is 20.8 Å². The molecule has 0 bridgehead atoms. The zero-order valence-electron chi connectivity index (χ0n) is 9.03. The lowest BCUT2D eigenvalue weighted by molar-refractivity contribution is -0.138. The number of oxime groups is 1. The average Bonchev–Trinajstić information content (AvgIpc) is 2.03. The van der Waals surface area contributed by atoms with Gasteiger partial charge in [0.15, 0.2) is 0 Å². The molecule has 0 rings (SSSR count). The Kier molecular flexibility index (Phi) is 5.92. The molecule has 0 fully saturated rings. The van der Waals surface area contributed by atoms with Crippen LogP contribution in [0.3, 0.4) is 0 Å². The maximum absolute atomic E-state index is 10.4. The van der Waals surface area contributed by atoms with E-state index in [0.29, 0.717) is 6.42 Å². The first-order chi connectivity index (χ1) is 6.47. The van der Waals surface area contributed by atoms with Gasteiger partial charge in [0.1, 0.15) is 0 Å². The summed E-state index contributed by atoms with van der Waals surface area (Å²) in [5.41, 5.74) is 0.738. The summed E-state index contributed by atoms with van der Waals surface area (Å²) in [5, 5.41) is 20.4. The Morgan fingerprint density at radius 2 is 1.93 bits per heavy atom. The summed E-state index contributed by atoms with van der Waals surface area (Å²) in [5.74, 6) is -0.426. The van der Waals surface area contributed by atoms with Gasteiger partial charge in [-0.25, -0.2) is 0 Å². The van der Waals surface area contributed by atoms with Gasteiger partial charge in [-0.05, 0) is 24.7 Å². The third-order valence-electron chi connectivity index (χ3n) is 2.21. The number of hydrogen-bond donors (Lipinski definition) is 2. The third kappa shape index (κ3) is 5.56. The smallest absolute Gasteiger partial charge is 0.303 e. The molecule has 82 valence electrons. The molecule has 2 N–H and O–H groups in total. The number of aliphatic carboxylic acids is 1. The maximum Gasteiger partial charge on any atom is 0.303 e. The van der Waals surface area contributed by atoms with Gasteiger partial charge in [-0.1, -0.05) is 25.9 Å². The quantitative estimate of drug-likeness (QED) is 0.393. The molecule has 0 aromatic carbocycles. The Morgan fingerprint density at radius 1 is 1.36 bits per heavy atom. The van der Waals surface area contributed by atoms with Gasteiger partial charge in [0.25, 0.3) is 0 Å². The Hall–Kier alpha value is -1.06. The van der Waals surface area contributed by atoms with Crippen LogP contribution in [-0.4, -0.2) is 22.0 Å². The van der Waals surface area contributed by atoms with E-state index in [-0.39, 0.29) is 18.3 Å². The summed E-state index contributed by atoms with van der Waals surface area (Å²) in [7, 11) is 0. The number of hydrogen-bond acceptors (Lipinski definition) is 3. The van der Waals surface area contributed by atoms with Crippen molar-refractivity contribution in [3.8, 4) is 0 Å². The number of nitrogens with zero attached hydrogens (tertiary/aromatic N) is 1. The summed E-state index contributed by atoms with van der Waals surface area (Å²) in [4.78, 5) is 10.4. The van der Waals surface area contributed by atoms with Gasteiger partial charge in [-0.15, -0.1) is 0 Å². The largest absolute Gasteiger partial charge is 0.481 e. The molecule has 4 heteroatoms. The molecule has 0 amide bonds. The molecule has 0 spiro atoms. The van der Waals surface area contributed by atoms with Crippen molar-refractivity contribution in [2.45, 2.75) is 40.0 Å². The minimum Gasteiger partial charge on any atom is -0.481 e. The van der Waals surface area contributed by atoms with Crippen molar-refractivity contribution >= 4 is 11.7 Å². The van der Waals surface area contributed by atoms with Gasteiger partial charge in [0, 0.05) is 6.42 Å². The van der Waals surface area contributed by atoms with Gasteiger partial charge in [-0.2, -0.15) is 0 Å². The standard InChI is InChI=1S/C10H19NO3/c1-7(2)9(11-14)5-4-8(3)6-10(12)13/h7-8,14H,4-6H2,1-3H3,(H,12,13)/b11-9+/t8-/m0/s1. The fourth-order valence-electron chi connectivity index (χ4n) is 1.25. The predicted octanol–water partition coefficient (Wildman–Crippen LogP) is 2.36. The maximum atomic E-state index is 10.4. The first-order valence-electron chi connectivity index (χ1n) is 4.90. The van der Waals surface area contributed by atoms with Crippen molar-refractivity contribution in [2.75, 3.05) is 0 Å². The highest BCUT2D eigenvalue weighted by molar-refractivity contribution is 5.85. The summed E-state index contributed by atoms with van der Waals surface area (Å²) in [6, 6.07) is 0. The van der Waals surface area contributed by atoms with E-state index in [9.17, 15) is 4.79 Å². The summed E-state index contributed by atoms with van der Waals surface area (Å²) < 4.78 is 0. The van der Waals surface area contributed by atoms with Crippen molar-refractivity contribution in [1.29, 1.82) is 0 Å². The Balaban J connectivity index is 3.86. The summed E-state index contributed by atoms with van der Waals surface area (Å²) >= 11 is 0. The van der Waals surface area contributed by atoms with E-state index in [2.05, 4.69) is 5.16 Å². The Labute approximate surface area is 84.6 Å². The van der Waals surface area contributed by atoms with Gasteiger partial charge in [0.05, 0.1) is 5.71 Å². The molecule has 1 atom stereocenters. The lowest BCUT2D eigenvalue weighted by Gasteiger charge is -2.11. The highest BCUT2D eigenvalue weighted by atomic mass is 16.4. The lowest BCUT2D eigenvalue weighted by Crippen LogP contribution is -2.11. The molecule has 4 nitrogen and oxygen atoms in total. The van der Waals surface area contributed by atoms with Crippen LogP contribution < -0.4 is 0 Å². The molecule has 0 heterocycles. The van der Waals surface area contributed by atoms with Crippen LogP contribution in [0.1, 0.15) is 40.0 Å². The fourth-order valence-corrected chi connectivity index (χ4v) is 1.25. The second-order valence-corrected chi connectivity index (χ2v) is 3.99. The number of rotatable bonds is 6. The van der Waals surface area contributed by atoms with Crippen molar-refractivity contribution in [2.24, 2.45) is 17.0 Å². The molecule has 0 aliphatic carbocycles. The lowest BCUT2D eigenvalue weighted by atomic mass is 9.96. The van der Waals surface area contributed by atoms with E-state index < -0.39 is 5.97 Å². The SMILES string of the molecule is CC(C)/C(CC[C@H](C)CC(=O)O)=N/O. The fraction of sp³-hybridized carbons (Fsp3) is 0.800. The van der Waals surface area contributed by atoms with Crippen molar-refractivity contribution in [3.63, 3.8) is 0 Å². The van der Waals surface area contributed by atoms with Gasteiger partial charge >= 0.3 is 5.97 Å². The van der Waals surface area contributed by atoms with Crippen molar-refractivity contribution < 1.29 is 15.1 Å². The molecule has 0 aliphatic heterocycles. The van der Waals surface area contributed by atoms with Crippen LogP contribution in [0.4, 0.5) is 0 Å². The molecule has 0 aromatic rings. The van der Waals surface area contributed by atoms with E-state index in [4.69, 9.17) is 10.3 Å². The van der Waals surface area contributed by atoms with Crippen molar-refractivity contribution in [1.82, 2.24) is 0 Å². The number of carbonyl (C=O) groups is 1. The third-order valence-corrected chi connectivity index (χ3v) is 2.21. The monoisotopic (exact) mass is 201 g/mol. The molecule has 0 aliphatic rings. The summed E-state index contributed by atoms with van der Waals surface area (Å²) in [6.45, 7) is 5.80. The highest BCUT2D eigenvalue weighted by Crippen LogP contribution is 2.13. The van der Waals surface area contributed by atoms with Crippen LogP contribution in [0.5, 0.6) is 0 Å². The molecule has 0 aromatic heterocycles. The van der Waals surface area contributed by atoms with E-state index >= 15 is 0 Å². The molecular formula is C10H19NO3. The highest BCUT2D eigenvalue weighted by Gasteiger charge is 2.11. The second kappa shape index (κ2) is 6.40. The first-order valence-corrected chi connectivity index (χ1v) is 4.90.